The van der Waals surface area contributed by atoms with Crippen molar-refractivity contribution in [3.8, 4) is 0 Å². The van der Waals surface area contributed by atoms with Crippen molar-refractivity contribution in [3.63, 3.8) is 0 Å². The molecule has 0 radical (unpaired) electrons. The Bertz CT molecular complexity index is 355. The van der Waals surface area contributed by atoms with Gasteiger partial charge in [-0.25, -0.2) is 0 Å². The molecule has 0 bridgehead atoms. The van der Waals surface area contributed by atoms with Crippen molar-refractivity contribution in [2.75, 3.05) is 0 Å². The normalized spacial score (nSPS) is 10.5. The zero-order valence-corrected chi connectivity index (χ0v) is 5.40. The van der Waals surface area contributed by atoms with Gasteiger partial charge >= 0.3 is 0 Å². The average molecular weight is 135 g/mol. The topological polar surface area (TPSA) is 51.8 Å². The van der Waals surface area contributed by atoms with Gasteiger partial charge in [0.15, 0.2) is 0 Å². The van der Waals surface area contributed by atoms with Crippen LogP contribution < -0.4 is 0 Å². The summed E-state index contributed by atoms with van der Waals surface area (Å²) in [6.07, 6.45) is 3.33. The highest BCUT2D eigenvalue weighted by atomic mass is 16.5. The van der Waals surface area contributed by atoms with E-state index in [4.69, 9.17) is 4.52 Å². The zero-order valence-electron chi connectivity index (χ0n) is 5.40. The number of aromatic nitrogens is 3. The second kappa shape index (κ2) is 1.76. The number of aryl methyl sites for hydroxylation is 1. The molecule has 10 heavy (non-hydrogen) atoms. The lowest BCUT2D eigenvalue weighted by Gasteiger charge is -1.86. The van der Waals surface area contributed by atoms with E-state index >= 15 is 0 Å². The summed E-state index contributed by atoms with van der Waals surface area (Å²) in [7, 11) is 0. The Labute approximate surface area is 56.9 Å². The molecule has 4 heteroatoms. The third kappa shape index (κ3) is 0.586. The summed E-state index contributed by atoms with van der Waals surface area (Å²) in [4.78, 5) is 3.91. The van der Waals surface area contributed by atoms with Crippen molar-refractivity contribution in [1.82, 2.24) is 15.4 Å². The second-order valence-electron chi connectivity index (χ2n) is 2.08. The second-order valence-corrected chi connectivity index (χ2v) is 2.08. The van der Waals surface area contributed by atoms with Crippen molar-refractivity contribution in [2.45, 2.75) is 6.92 Å². The predicted molar refractivity (Wildman–Crippen MR) is 34.3 cm³/mol. The molecule has 2 aromatic rings. The van der Waals surface area contributed by atoms with Crippen molar-refractivity contribution >= 4 is 11.1 Å². The fourth-order valence-corrected chi connectivity index (χ4v) is 0.834. The van der Waals surface area contributed by atoms with Crippen LogP contribution in [0.5, 0.6) is 0 Å². The molecule has 0 spiro atoms. The Morgan fingerprint density at radius 1 is 1.40 bits per heavy atom. The first-order valence-corrected chi connectivity index (χ1v) is 2.90. The highest BCUT2D eigenvalue weighted by molar-refractivity contribution is 5.73. The van der Waals surface area contributed by atoms with E-state index in [-0.39, 0.29) is 0 Å². The number of rotatable bonds is 0. The lowest BCUT2D eigenvalue weighted by molar-refractivity contribution is 0.423. The molecule has 0 unspecified atom stereocenters. The van der Waals surface area contributed by atoms with Crippen LogP contribution in [-0.4, -0.2) is 15.4 Å². The first-order valence-electron chi connectivity index (χ1n) is 2.90. The van der Waals surface area contributed by atoms with Gasteiger partial charge in [0.05, 0.1) is 6.20 Å². The van der Waals surface area contributed by atoms with Crippen LogP contribution in [0.3, 0.4) is 0 Å². The van der Waals surface area contributed by atoms with E-state index in [1.807, 2.05) is 6.92 Å². The van der Waals surface area contributed by atoms with Crippen molar-refractivity contribution in [2.24, 2.45) is 0 Å². The number of hydrogen-bond acceptors (Lipinski definition) is 4. The first-order chi connectivity index (χ1) is 4.88. The van der Waals surface area contributed by atoms with Gasteiger partial charge in [0.25, 0.3) is 0 Å². The molecule has 0 amide bonds. The highest BCUT2D eigenvalue weighted by Gasteiger charge is 2.00. The number of nitrogens with zero attached hydrogens (tertiary/aromatic N) is 3. The van der Waals surface area contributed by atoms with E-state index in [1.165, 1.54) is 0 Å². The third-order valence-corrected chi connectivity index (χ3v) is 1.35. The van der Waals surface area contributed by atoms with Gasteiger partial charge in [0.2, 0.25) is 5.58 Å². The zero-order chi connectivity index (χ0) is 6.97. The highest BCUT2D eigenvalue weighted by Crippen LogP contribution is 2.11. The summed E-state index contributed by atoms with van der Waals surface area (Å²) in [5, 5.41) is 7.16. The molecule has 0 aliphatic rings. The third-order valence-electron chi connectivity index (χ3n) is 1.35. The summed E-state index contributed by atoms with van der Waals surface area (Å²) in [5.41, 5.74) is 2.41. The Hall–Kier alpha value is -1.45. The Morgan fingerprint density at radius 2 is 2.30 bits per heavy atom. The van der Waals surface area contributed by atoms with Crippen molar-refractivity contribution < 1.29 is 4.52 Å². The van der Waals surface area contributed by atoms with Gasteiger partial charge in [-0.2, -0.15) is 0 Å². The summed E-state index contributed by atoms with van der Waals surface area (Å²) < 4.78 is 4.78. The summed E-state index contributed by atoms with van der Waals surface area (Å²) in [6.45, 7) is 1.92. The van der Waals surface area contributed by atoms with Crippen LogP contribution in [0.25, 0.3) is 11.1 Å². The number of fused-ring (bicyclic) bond motifs is 1. The summed E-state index contributed by atoms with van der Waals surface area (Å²) >= 11 is 0. The fourth-order valence-electron chi connectivity index (χ4n) is 0.834. The molecule has 2 aromatic heterocycles. The van der Waals surface area contributed by atoms with Crippen LogP contribution in [0.4, 0.5) is 0 Å². The van der Waals surface area contributed by atoms with Crippen LogP contribution in [0.2, 0.25) is 0 Å². The van der Waals surface area contributed by atoms with Crippen molar-refractivity contribution in [3.05, 3.63) is 18.0 Å². The maximum absolute atomic E-state index is 4.78. The largest absolute Gasteiger partial charge is 0.335 e. The fraction of sp³-hybridized carbons (Fsp3) is 0.167. The molecule has 0 N–H and O–H groups in total. The quantitative estimate of drug-likeness (QED) is 0.539. The molecule has 0 aliphatic heterocycles. The summed E-state index contributed by atoms with van der Waals surface area (Å²) in [5.74, 6) is 0. The van der Waals surface area contributed by atoms with E-state index in [2.05, 4.69) is 15.4 Å². The molecule has 0 saturated carbocycles. The van der Waals surface area contributed by atoms with Gasteiger partial charge < -0.3 is 4.52 Å². The van der Waals surface area contributed by atoms with Crippen LogP contribution in [0.1, 0.15) is 5.56 Å². The van der Waals surface area contributed by atoms with E-state index in [9.17, 15) is 0 Å². The summed E-state index contributed by atoms with van der Waals surface area (Å²) in [6, 6.07) is 0. The minimum atomic E-state index is 0.639. The van der Waals surface area contributed by atoms with Gasteiger partial charge in [0, 0.05) is 11.5 Å². The average Bonchev–Trinajstić information content (AvgIpc) is 2.36. The number of pyridine rings is 1. The lowest BCUT2D eigenvalue weighted by atomic mass is 10.3. The van der Waals surface area contributed by atoms with E-state index < -0.39 is 0 Å². The smallest absolute Gasteiger partial charge is 0.205 e. The maximum Gasteiger partial charge on any atom is 0.205 e. The SMILES string of the molecule is Cc1cncc2onnc12. The molecule has 4 nitrogen and oxygen atoms in total. The van der Waals surface area contributed by atoms with Crippen LogP contribution in [0, 0.1) is 6.92 Å². The lowest BCUT2D eigenvalue weighted by Crippen LogP contribution is -1.77. The monoisotopic (exact) mass is 135 g/mol. The molecule has 2 heterocycles. The molecule has 50 valence electrons. The molecular formula is C6H5N3O. The minimum absolute atomic E-state index is 0.639. The molecule has 2 rings (SSSR count). The Kier molecular flexibility index (Phi) is 0.943. The standard InChI is InChI=1S/C6H5N3O/c1-4-2-7-3-5-6(4)8-9-10-5/h2-3H,1H3. The van der Waals surface area contributed by atoms with Crippen LogP contribution in [0.15, 0.2) is 16.9 Å². The molecule has 0 fully saturated rings. The number of hydrogen-bond donors (Lipinski definition) is 0. The van der Waals surface area contributed by atoms with Gasteiger partial charge in [-0.05, 0) is 12.5 Å². The molecular weight excluding hydrogens is 130 g/mol. The molecule has 0 aliphatic carbocycles. The van der Waals surface area contributed by atoms with Crippen LogP contribution in [-0.2, 0) is 0 Å². The molecule has 0 aromatic carbocycles. The van der Waals surface area contributed by atoms with Gasteiger partial charge in [0.1, 0.15) is 5.52 Å². The van der Waals surface area contributed by atoms with Crippen LogP contribution >= 0.6 is 0 Å². The molecule has 0 atom stereocenters. The van der Waals surface area contributed by atoms with Crippen molar-refractivity contribution in [1.29, 1.82) is 0 Å². The van der Waals surface area contributed by atoms with E-state index in [0.717, 1.165) is 11.1 Å². The van der Waals surface area contributed by atoms with E-state index in [1.54, 1.807) is 12.4 Å². The van der Waals surface area contributed by atoms with Gasteiger partial charge in [-0.15, -0.1) is 5.10 Å². The Morgan fingerprint density at radius 3 is 3.10 bits per heavy atom. The Balaban J connectivity index is 2.95. The first kappa shape index (κ1) is 5.34. The predicted octanol–water partition coefficient (Wildman–Crippen LogP) is 0.926. The minimum Gasteiger partial charge on any atom is -0.335 e. The van der Waals surface area contributed by atoms with Gasteiger partial charge in [-0.1, -0.05) is 0 Å². The van der Waals surface area contributed by atoms with E-state index in [0.29, 0.717) is 5.58 Å². The van der Waals surface area contributed by atoms with Gasteiger partial charge in [-0.3, -0.25) is 4.98 Å². The molecule has 0 saturated heterocycles. The maximum atomic E-state index is 4.78.